The van der Waals surface area contributed by atoms with E-state index in [2.05, 4.69) is 39.5 Å². The Balaban J connectivity index is 1.44. The van der Waals surface area contributed by atoms with E-state index < -0.39 is 78.2 Å². The Morgan fingerprint density at radius 2 is 1.69 bits per heavy atom. The minimum atomic E-state index is -1.94. The molecule has 62 heavy (non-hydrogen) atoms. The number of nitrogens with zero attached hydrogens (tertiary/aromatic N) is 4. The summed E-state index contributed by atoms with van der Waals surface area (Å²) in [6.07, 6.45) is -0.957. The van der Waals surface area contributed by atoms with Gasteiger partial charge in [-0.05, 0) is 71.0 Å². The third kappa shape index (κ3) is 13.3. The summed E-state index contributed by atoms with van der Waals surface area (Å²) < 4.78 is 26.5. The van der Waals surface area contributed by atoms with E-state index >= 15 is 0 Å². The van der Waals surface area contributed by atoms with Gasteiger partial charge in [0.2, 0.25) is 5.91 Å². The number of hydrogen-bond acceptors (Lipinski definition) is 15. The van der Waals surface area contributed by atoms with Crippen LogP contribution < -0.4 is 5.48 Å². The molecule has 1 amide bonds. The summed E-state index contributed by atoms with van der Waals surface area (Å²) in [4.78, 5) is 40.3. The van der Waals surface area contributed by atoms with Gasteiger partial charge in [0.25, 0.3) is 0 Å². The van der Waals surface area contributed by atoms with E-state index in [9.17, 15) is 34.8 Å². The number of carbonyl (C=O) groups is 3. The molecule has 0 bridgehead atoms. The van der Waals surface area contributed by atoms with Crippen molar-refractivity contribution in [1.82, 2.24) is 25.4 Å². The molecule has 1 aromatic heterocycles. The van der Waals surface area contributed by atoms with Crippen molar-refractivity contribution in [3.63, 3.8) is 0 Å². The highest BCUT2D eigenvalue weighted by Gasteiger charge is 2.51. The molecule has 2 fully saturated rings. The van der Waals surface area contributed by atoms with Crippen LogP contribution in [0.25, 0.3) is 0 Å². The Labute approximate surface area is 366 Å². The van der Waals surface area contributed by atoms with Crippen molar-refractivity contribution in [3.05, 3.63) is 47.3 Å². The van der Waals surface area contributed by atoms with Crippen LogP contribution in [0.2, 0.25) is 0 Å². The topological polar surface area (TPSA) is 235 Å². The van der Waals surface area contributed by atoms with Crippen molar-refractivity contribution in [1.29, 1.82) is 0 Å². The summed E-state index contributed by atoms with van der Waals surface area (Å²) in [5.41, 5.74) is 1.42. The minimum absolute atomic E-state index is 0.0948. The number of aromatic nitrogens is 3. The molecule has 0 saturated carbocycles. The van der Waals surface area contributed by atoms with Gasteiger partial charge in [0.05, 0.1) is 42.1 Å². The lowest BCUT2D eigenvalue weighted by atomic mass is 9.74. The monoisotopic (exact) mass is 876 g/mol. The van der Waals surface area contributed by atoms with Crippen LogP contribution in [0.15, 0.2) is 30.5 Å². The first-order valence-corrected chi connectivity index (χ1v) is 22.2. The lowest BCUT2D eigenvalue weighted by molar-refractivity contribution is -0.301. The number of hydroxylamine groups is 1. The van der Waals surface area contributed by atoms with Crippen molar-refractivity contribution in [2.75, 3.05) is 14.2 Å². The molecule has 3 heterocycles. The molecular weight excluding hydrogens is 803 g/mol. The number of benzene rings is 1. The summed E-state index contributed by atoms with van der Waals surface area (Å²) in [6, 6.07) is 7.83. The SMILES string of the molecule is CCC1OC(=O)C[C@H](O)[C@H](C)C(OC2O[C@H](C)C[C@H](N(C)Cc3ccc(Cc4cn(CCCCCCC(=O)NO)nn4)cc3)[C@H]2O)[C@@](C)(OC)C[C@@H](C)C(=O)[C@H](C)[C@@H](O)[C@]1(C)O. The molecule has 2 aliphatic rings. The molecule has 4 rings (SSSR count). The van der Waals surface area contributed by atoms with Gasteiger partial charge in [-0.25, -0.2) is 5.48 Å². The van der Waals surface area contributed by atoms with E-state index in [1.54, 1.807) is 33.2 Å². The Bertz CT molecular complexity index is 1730. The fourth-order valence-corrected chi connectivity index (χ4v) is 9.13. The van der Waals surface area contributed by atoms with Crippen LogP contribution in [-0.4, -0.2) is 138 Å². The van der Waals surface area contributed by atoms with Gasteiger partial charge in [0.15, 0.2) is 6.29 Å². The molecule has 17 nitrogen and oxygen atoms in total. The van der Waals surface area contributed by atoms with Crippen molar-refractivity contribution in [2.45, 2.75) is 186 Å². The van der Waals surface area contributed by atoms with Gasteiger partial charge < -0.3 is 39.4 Å². The molecule has 0 aliphatic carbocycles. The van der Waals surface area contributed by atoms with Crippen LogP contribution in [0.4, 0.5) is 0 Å². The number of unbranched alkanes of at least 4 members (excludes halogenated alkanes) is 3. The molecule has 6 N–H and O–H groups in total. The highest BCUT2D eigenvalue weighted by molar-refractivity contribution is 5.83. The summed E-state index contributed by atoms with van der Waals surface area (Å²) in [6.45, 7) is 12.9. The minimum Gasteiger partial charge on any atom is -0.459 e. The number of carbonyl (C=O) groups excluding carboxylic acids is 3. The standard InChI is InChI=1S/C45H73N5O12/c1-10-36-45(7,57)41(56)30(5)39(54)27(2)24-44(6,59-9)42(29(4)35(51)23-38(53)61-36)62-43-40(55)34(21-28(3)60-43)49(8)25-32-18-16-31(17-19-32)22-33-26-50(48-46-33)20-14-12-11-13-15-37(52)47-58/h16-19,26-30,34-36,40-43,51,55-58H,10-15,20-25H2,1-9H3,(H,47,52)/t27-,28-,29+,30+,34+,35+,36?,40-,41-,42?,43?,44+,45-/m1/s1. The predicted molar refractivity (Wildman–Crippen MR) is 227 cm³/mol. The molecular formula is C45H73N5O12. The molecule has 0 spiro atoms. The van der Waals surface area contributed by atoms with Crippen LogP contribution in [0.3, 0.4) is 0 Å². The maximum Gasteiger partial charge on any atom is 0.308 e. The molecule has 13 atom stereocenters. The van der Waals surface area contributed by atoms with E-state index in [0.717, 1.165) is 49.0 Å². The smallest absolute Gasteiger partial charge is 0.308 e. The summed E-state index contributed by atoms with van der Waals surface area (Å²) in [5.74, 6) is -4.00. The number of methoxy groups -OCH3 is 1. The lowest BCUT2D eigenvalue weighted by Gasteiger charge is -2.48. The van der Waals surface area contributed by atoms with Gasteiger partial charge >= 0.3 is 5.97 Å². The van der Waals surface area contributed by atoms with Crippen LogP contribution in [0, 0.1) is 17.8 Å². The number of aryl methyl sites for hydroxylation is 1. The molecule has 0 radical (unpaired) electrons. The largest absolute Gasteiger partial charge is 0.459 e. The second kappa shape index (κ2) is 23.0. The number of aliphatic hydroxyl groups excluding tert-OH is 3. The normalized spacial score (nSPS) is 34.1. The van der Waals surface area contributed by atoms with Gasteiger partial charge in [-0.1, -0.05) is 70.0 Å². The maximum atomic E-state index is 13.8. The Kier molecular flexibility index (Phi) is 19.0. The van der Waals surface area contributed by atoms with Crippen LogP contribution in [-0.2, 0) is 52.8 Å². The number of cyclic esters (lactones) is 1. The first-order chi connectivity index (χ1) is 29.2. The molecule has 2 aromatic rings. The van der Waals surface area contributed by atoms with Crippen molar-refractivity contribution in [2.24, 2.45) is 17.8 Å². The average Bonchev–Trinajstić information content (AvgIpc) is 3.69. The number of rotatable bonds is 16. The number of nitrogens with one attached hydrogen (secondary N) is 1. The third-order valence-electron chi connectivity index (χ3n) is 13.1. The molecule has 2 saturated heterocycles. The summed E-state index contributed by atoms with van der Waals surface area (Å²) in [7, 11) is 3.41. The Hall–Kier alpha value is -3.39. The quantitative estimate of drug-likeness (QED) is 0.0613. The number of Topliss-reactive ketones (excluding diaryl/α,β-unsaturated/α-hetero) is 1. The van der Waals surface area contributed by atoms with Gasteiger partial charge in [-0.15, -0.1) is 5.10 Å². The number of ether oxygens (including phenoxy) is 4. The van der Waals surface area contributed by atoms with Crippen molar-refractivity contribution in [3.8, 4) is 0 Å². The van der Waals surface area contributed by atoms with E-state index in [1.807, 2.05) is 24.9 Å². The zero-order valence-corrected chi connectivity index (χ0v) is 38.1. The van der Waals surface area contributed by atoms with Gasteiger partial charge in [0.1, 0.15) is 23.6 Å². The second-order valence-electron chi connectivity index (χ2n) is 18.2. The van der Waals surface area contributed by atoms with E-state index in [-0.39, 0.29) is 36.7 Å². The first-order valence-electron chi connectivity index (χ1n) is 22.2. The molecule has 1 aromatic carbocycles. The number of ketones is 1. The Morgan fingerprint density at radius 1 is 1.03 bits per heavy atom. The number of aliphatic hydroxyl groups is 4. The third-order valence-corrected chi connectivity index (χ3v) is 13.1. The molecule has 3 unspecified atom stereocenters. The molecule has 17 heteroatoms. The van der Waals surface area contributed by atoms with Gasteiger partial charge in [-0.3, -0.25) is 29.2 Å². The fourth-order valence-electron chi connectivity index (χ4n) is 9.13. The molecule has 2 aliphatic heterocycles. The predicted octanol–water partition coefficient (Wildman–Crippen LogP) is 3.48. The highest BCUT2D eigenvalue weighted by atomic mass is 16.7. The first kappa shape index (κ1) is 51.2. The lowest BCUT2D eigenvalue weighted by Crippen LogP contribution is -2.60. The summed E-state index contributed by atoms with van der Waals surface area (Å²) >= 11 is 0. The summed E-state index contributed by atoms with van der Waals surface area (Å²) in [5, 5.41) is 63.3. The Morgan fingerprint density at radius 3 is 2.34 bits per heavy atom. The number of amides is 1. The van der Waals surface area contributed by atoms with Crippen LogP contribution >= 0.6 is 0 Å². The highest BCUT2D eigenvalue weighted by Crippen LogP contribution is 2.38. The average molecular weight is 876 g/mol. The van der Waals surface area contributed by atoms with Gasteiger partial charge in [-0.2, -0.15) is 0 Å². The number of esters is 1. The van der Waals surface area contributed by atoms with E-state index in [1.165, 1.54) is 21.0 Å². The second-order valence-corrected chi connectivity index (χ2v) is 18.2. The number of hydrogen-bond donors (Lipinski definition) is 6. The maximum absolute atomic E-state index is 13.8. The van der Waals surface area contributed by atoms with E-state index in [4.69, 9.17) is 24.2 Å². The van der Waals surface area contributed by atoms with Crippen LogP contribution in [0.1, 0.15) is 123 Å². The van der Waals surface area contributed by atoms with Crippen LogP contribution in [0.5, 0.6) is 0 Å². The zero-order chi connectivity index (χ0) is 45.9. The zero-order valence-electron chi connectivity index (χ0n) is 38.1. The number of likely N-dealkylation sites (N-methyl/N-ethyl adjacent to an activating group) is 1. The van der Waals surface area contributed by atoms with E-state index in [0.29, 0.717) is 25.8 Å². The van der Waals surface area contributed by atoms with Gasteiger partial charge in [0, 0.05) is 63.0 Å². The molecule has 350 valence electrons. The van der Waals surface area contributed by atoms with Crippen molar-refractivity contribution >= 4 is 17.7 Å². The van der Waals surface area contributed by atoms with Crippen molar-refractivity contribution < 1.29 is 59.0 Å². The fraction of sp³-hybridized carbons (Fsp3) is 0.756.